The molecule has 3 atom stereocenters. The smallest absolute Gasteiger partial charge is 0.163 e. The van der Waals surface area contributed by atoms with E-state index in [4.69, 9.17) is 14.2 Å². The first-order valence-corrected chi connectivity index (χ1v) is 4.81. The summed E-state index contributed by atoms with van der Waals surface area (Å²) in [6, 6.07) is 0. The summed E-state index contributed by atoms with van der Waals surface area (Å²) in [6.07, 6.45) is 0.301. The van der Waals surface area contributed by atoms with Gasteiger partial charge in [-0.3, -0.25) is 0 Å². The van der Waals surface area contributed by atoms with Crippen LogP contribution in [0.15, 0.2) is 0 Å². The molecule has 13 heavy (non-hydrogen) atoms. The number of hydrogen-bond donors (Lipinski definition) is 0. The fourth-order valence-electron chi connectivity index (χ4n) is 1.90. The second-order valence-electron chi connectivity index (χ2n) is 4.24. The number of hydrogen-bond acceptors (Lipinski definition) is 3. The van der Waals surface area contributed by atoms with Gasteiger partial charge in [-0.15, -0.1) is 0 Å². The van der Waals surface area contributed by atoms with Gasteiger partial charge in [0.15, 0.2) is 5.79 Å². The summed E-state index contributed by atoms with van der Waals surface area (Å²) in [5.74, 6) is -0.0618. The van der Waals surface area contributed by atoms with Crippen molar-refractivity contribution in [3.05, 3.63) is 0 Å². The summed E-state index contributed by atoms with van der Waals surface area (Å²) < 4.78 is 16.5. The van der Waals surface area contributed by atoms with Gasteiger partial charge in [-0.05, 0) is 20.8 Å². The highest BCUT2D eigenvalue weighted by atomic mass is 16.7. The molecule has 0 aliphatic carbocycles. The Morgan fingerprint density at radius 2 is 2.00 bits per heavy atom. The molecule has 0 spiro atoms. The molecule has 78 valence electrons. The summed E-state index contributed by atoms with van der Waals surface area (Å²) in [4.78, 5) is 0. The summed E-state index contributed by atoms with van der Waals surface area (Å²) >= 11 is 0. The Balaban J connectivity index is 2.52. The molecule has 3 heteroatoms. The summed E-state index contributed by atoms with van der Waals surface area (Å²) in [6.45, 7) is 8.78. The minimum atomic E-state index is -0.438. The van der Waals surface area contributed by atoms with Crippen molar-refractivity contribution >= 4 is 0 Å². The first kappa shape index (κ1) is 11.0. The number of ether oxygens (including phenoxy) is 3. The molecule has 0 aromatic rings. The molecule has 1 aliphatic heterocycles. The van der Waals surface area contributed by atoms with Crippen molar-refractivity contribution < 1.29 is 14.2 Å². The van der Waals surface area contributed by atoms with E-state index in [-0.39, 0.29) is 12.2 Å². The van der Waals surface area contributed by atoms with Crippen LogP contribution in [-0.2, 0) is 14.2 Å². The number of methoxy groups -OCH3 is 1. The standard InChI is InChI=1S/C10H20O3/c1-7(6-11-5)9-8(2)12-10(3,4)13-9/h7-9H,6H2,1-5H3/t7-,8?,9+/m0/s1. The van der Waals surface area contributed by atoms with Crippen LogP contribution in [0.2, 0.25) is 0 Å². The zero-order chi connectivity index (χ0) is 10.1. The van der Waals surface area contributed by atoms with Gasteiger partial charge in [-0.25, -0.2) is 0 Å². The average Bonchev–Trinajstić information content (AvgIpc) is 2.25. The fourth-order valence-corrected chi connectivity index (χ4v) is 1.90. The molecular formula is C10H20O3. The maximum absolute atomic E-state index is 5.77. The molecule has 0 aromatic heterocycles. The van der Waals surface area contributed by atoms with Crippen LogP contribution in [0.5, 0.6) is 0 Å². The molecular weight excluding hydrogens is 168 g/mol. The lowest BCUT2D eigenvalue weighted by Gasteiger charge is -2.21. The van der Waals surface area contributed by atoms with E-state index in [1.807, 2.05) is 20.8 Å². The van der Waals surface area contributed by atoms with E-state index < -0.39 is 5.79 Å². The molecule has 1 unspecified atom stereocenters. The van der Waals surface area contributed by atoms with Crippen molar-refractivity contribution in [2.75, 3.05) is 13.7 Å². The minimum Gasteiger partial charge on any atom is -0.384 e. The zero-order valence-corrected chi connectivity index (χ0v) is 9.16. The van der Waals surface area contributed by atoms with Crippen LogP contribution in [0.25, 0.3) is 0 Å². The van der Waals surface area contributed by atoms with Crippen molar-refractivity contribution in [1.29, 1.82) is 0 Å². The highest BCUT2D eigenvalue weighted by Gasteiger charge is 2.41. The third kappa shape index (κ3) is 2.66. The Kier molecular flexibility index (Phi) is 3.33. The molecule has 1 aliphatic rings. The van der Waals surface area contributed by atoms with Crippen LogP contribution in [0, 0.1) is 5.92 Å². The lowest BCUT2D eigenvalue weighted by atomic mass is 10.0. The third-order valence-electron chi connectivity index (χ3n) is 2.34. The normalized spacial score (nSPS) is 34.8. The predicted octanol–water partition coefficient (Wildman–Crippen LogP) is 1.81. The van der Waals surface area contributed by atoms with Gasteiger partial charge in [-0.1, -0.05) is 6.92 Å². The van der Waals surface area contributed by atoms with E-state index in [1.165, 1.54) is 0 Å². The van der Waals surface area contributed by atoms with Crippen LogP contribution in [0.4, 0.5) is 0 Å². The van der Waals surface area contributed by atoms with Crippen molar-refractivity contribution in [2.45, 2.75) is 45.7 Å². The zero-order valence-electron chi connectivity index (χ0n) is 9.16. The fraction of sp³-hybridized carbons (Fsp3) is 1.00. The maximum Gasteiger partial charge on any atom is 0.163 e. The Morgan fingerprint density at radius 3 is 2.38 bits per heavy atom. The molecule has 0 radical (unpaired) electrons. The molecule has 3 nitrogen and oxygen atoms in total. The van der Waals surface area contributed by atoms with E-state index in [2.05, 4.69) is 6.92 Å². The Labute approximate surface area is 80.4 Å². The molecule has 0 aromatic carbocycles. The second-order valence-corrected chi connectivity index (χ2v) is 4.24. The van der Waals surface area contributed by atoms with Gasteiger partial charge in [0.1, 0.15) is 0 Å². The van der Waals surface area contributed by atoms with Crippen LogP contribution in [-0.4, -0.2) is 31.7 Å². The van der Waals surface area contributed by atoms with Gasteiger partial charge < -0.3 is 14.2 Å². The SMILES string of the molecule is COC[C@H](C)[C@H]1OC(C)(C)OC1C. The molecule has 0 saturated carbocycles. The van der Waals surface area contributed by atoms with E-state index in [1.54, 1.807) is 7.11 Å². The van der Waals surface area contributed by atoms with Crippen LogP contribution >= 0.6 is 0 Å². The van der Waals surface area contributed by atoms with Crippen molar-refractivity contribution in [3.8, 4) is 0 Å². The van der Waals surface area contributed by atoms with Crippen molar-refractivity contribution in [2.24, 2.45) is 5.92 Å². The van der Waals surface area contributed by atoms with Crippen molar-refractivity contribution in [3.63, 3.8) is 0 Å². The van der Waals surface area contributed by atoms with E-state index in [9.17, 15) is 0 Å². The van der Waals surface area contributed by atoms with Crippen LogP contribution < -0.4 is 0 Å². The van der Waals surface area contributed by atoms with Crippen molar-refractivity contribution in [1.82, 2.24) is 0 Å². The minimum absolute atomic E-state index is 0.148. The molecule has 0 bridgehead atoms. The van der Waals surface area contributed by atoms with Gasteiger partial charge in [0.2, 0.25) is 0 Å². The van der Waals surface area contributed by atoms with Gasteiger partial charge in [-0.2, -0.15) is 0 Å². The first-order valence-electron chi connectivity index (χ1n) is 4.81. The van der Waals surface area contributed by atoms with E-state index in [0.717, 1.165) is 0 Å². The molecule has 0 N–H and O–H groups in total. The highest BCUT2D eigenvalue weighted by Crippen LogP contribution is 2.31. The summed E-state index contributed by atoms with van der Waals surface area (Å²) in [5.41, 5.74) is 0. The van der Waals surface area contributed by atoms with Gasteiger partial charge in [0, 0.05) is 13.0 Å². The topological polar surface area (TPSA) is 27.7 Å². The molecule has 1 fully saturated rings. The quantitative estimate of drug-likeness (QED) is 0.676. The van der Waals surface area contributed by atoms with Gasteiger partial charge in [0.25, 0.3) is 0 Å². The Morgan fingerprint density at radius 1 is 1.38 bits per heavy atom. The third-order valence-corrected chi connectivity index (χ3v) is 2.34. The van der Waals surface area contributed by atoms with Gasteiger partial charge >= 0.3 is 0 Å². The van der Waals surface area contributed by atoms with Crippen LogP contribution in [0.1, 0.15) is 27.7 Å². The maximum atomic E-state index is 5.77. The van der Waals surface area contributed by atoms with Crippen LogP contribution in [0.3, 0.4) is 0 Å². The Bertz CT molecular complexity index is 168. The van der Waals surface area contributed by atoms with E-state index >= 15 is 0 Å². The lowest BCUT2D eigenvalue weighted by Crippen LogP contribution is -2.30. The first-order chi connectivity index (χ1) is 5.96. The Hall–Kier alpha value is -0.120. The molecule has 1 rings (SSSR count). The lowest BCUT2D eigenvalue weighted by molar-refractivity contribution is -0.150. The molecule has 1 heterocycles. The summed E-state index contributed by atoms with van der Waals surface area (Å²) in [5, 5.41) is 0. The molecule has 1 saturated heterocycles. The van der Waals surface area contributed by atoms with E-state index in [0.29, 0.717) is 12.5 Å². The summed E-state index contributed by atoms with van der Waals surface area (Å²) in [7, 11) is 1.71. The predicted molar refractivity (Wildman–Crippen MR) is 50.5 cm³/mol. The molecule has 0 amide bonds. The monoisotopic (exact) mass is 188 g/mol. The average molecular weight is 188 g/mol. The second kappa shape index (κ2) is 3.95. The highest BCUT2D eigenvalue weighted by molar-refractivity contribution is 4.81. The largest absolute Gasteiger partial charge is 0.384 e. The van der Waals surface area contributed by atoms with Gasteiger partial charge in [0.05, 0.1) is 18.8 Å². The number of rotatable bonds is 3.